The van der Waals surface area contributed by atoms with E-state index in [9.17, 15) is 0 Å². The van der Waals surface area contributed by atoms with Crippen LogP contribution in [0.15, 0.2) is 48.5 Å². The second-order valence-corrected chi connectivity index (χ2v) is 6.14. The summed E-state index contributed by atoms with van der Waals surface area (Å²) in [6.45, 7) is 4.52. The Labute approximate surface area is 125 Å². The van der Waals surface area contributed by atoms with Crippen molar-refractivity contribution in [3.8, 4) is 0 Å². The van der Waals surface area contributed by atoms with Gasteiger partial charge < -0.3 is 0 Å². The van der Waals surface area contributed by atoms with Gasteiger partial charge in [0.05, 0.1) is 0 Å². The third-order valence-electron chi connectivity index (χ3n) is 4.74. The zero-order chi connectivity index (χ0) is 14.4. The number of benzene rings is 4. The van der Waals surface area contributed by atoms with Gasteiger partial charge in [0.25, 0.3) is 0 Å². The molecule has 0 spiro atoms. The van der Waals surface area contributed by atoms with Gasteiger partial charge in [-0.05, 0) is 63.2 Å². The summed E-state index contributed by atoms with van der Waals surface area (Å²) in [6, 6.07) is 18.2. The van der Waals surface area contributed by atoms with E-state index >= 15 is 0 Å². The molecule has 0 heterocycles. The lowest BCUT2D eigenvalue weighted by Crippen LogP contribution is -1.93. The summed E-state index contributed by atoms with van der Waals surface area (Å²) < 4.78 is 0. The first-order chi connectivity index (χ1) is 10.3. The lowest BCUT2D eigenvalue weighted by atomic mass is 9.88. The van der Waals surface area contributed by atoms with Gasteiger partial charge in [-0.1, -0.05) is 61.9 Å². The normalized spacial score (nSPS) is 11.9. The third kappa shape index (κ3) is 1.82. The highest BCUT2D eigenvalue weighted by Crippen LogP contribution is 2.37. The van der Waals surface area contributed by atoms with Gasteiger partial charge in [0.1, 0.15) is 0 Å². The Hall–Kier alpha value is -2.08. The average molecular weight is 272 g/mol. The van der Waals surface area contributed by atoms with E-state index in [1.807, 2.05) is 0 Å². The zero-order valence-electron chi connectivity index (χ0n) is 12.7. The summed E-state index contributed by atoms with van der Waals surface area (Å²) in [5, 5.41) is 8.49. The van der Waals surface area contributed by atoms with Crippen LogP contribution in [0.3, 0.4) is 0 Å². The Morgan fingerprint density at radius 1 is 0.810 bits per heavy atom. The molecule has 4 aromatic rings. The molecule has 0 heteroatoms. The number of aryl methyl sites for hydroxylation is 2. The SMILES string of the molecule is CCCCc1cc(C)c2ccc3cccc4ccc1c2c34. The highest BCUT2D eigenvalue weighted by molar-refractivity contribution is 6.24. The van der Waals surface area contributed by atoms with Gasteiger partial charge in [-0.15, -0.1) is 0 Å². The van der Waals surface area contributed by atoms with E-state index in [2.05, 4.69) is 62.4 Å². The molecule has 4 aromatic carbocycles. The molecule has 104 valence electrons. The van der Waals surface area contributed by atoms with Gasteiger partial charge in [0.2, 0.25) is 0 Å². The van der Waals surface area contributed by atoms with Crippen LogP contribution in [0.4, 0.5) is 0 Å². The van der Waals surface area contributed by atoms with E-state index in [1.54, 1.807) is 0 Å². The molecule has 0 fully saturated rings. The highest BCUT2D eigenvalue weighted by atomic mass is 14.2. The van der Waals surface area contributed by atoms with Crippen molar-refractivity contribution in [1.29, 1.82) is 0 Å². The van der Waals surface area contributed by atoms with Crippen molar-refractivity contribution in [1.82, 2.24) is 0 Å². The fourth-order valence-corrected chi connectivity index (χ4v) is 3.67. The molecule has 0 saturated heterocycles. The molecular formula is C21H20. The van der Waals surface area contributed by atoms with E-state index in [4.69, 9.17) is 0 Å². The monoisotopic (exact) mass is 272 g/mol. The maximum atomic E-state index is 2.40. The van der Waals surface area contributed by atoms with Crippen LogP contribution in [0.2, 0.25) is 0 Å². The van der Waals surface area contributed by atoms with Crippen molar-refractivity contribution in [2.24, 2.45) is 0 Å². The van der Waals surface area contributed by atoms with Gasteiger partial charge in [-0.3, -0.25) is 0 Å². The molecule has 0 bridgehead atoms. The lowest BCUT2D eigenvalue weighted by Gasteiger charge is -2.15. The molecule has 0 aliphatic heterocycles. The predicted octanol–water partition coefficient (Wildman–Crippen LogP) is 6.24. The topological polar surface area (TPSA) is 0 Å². The second kappa shape index (κ2) is 4.73. The fraction of sp³-hybridized carbons (Fsp3) is 0.238. The van der Waals surface area contributed by atoms with Crippen LogP contribution in [0, 0.1) is 6.92 Å². The Balaban J connectivity index is 2.19. The number of rotatable bonds is 3. The van der Waals surface area contributed by atoms with E-state index in [0.29, 0.717) is 0 Å². The molecule has 0 N–H and O–H groups in total. The van der Waals surface area contributed by atoms with Crippen LogP contribution in [0.1, 0.15) is 30.9 Å². The van der Waals surface area contributed by atoms with Gasteiger partial charge in [-0.25, -0.2) is 0 Å². The Bertz CT molecular complexity index is 915. The molecule has 0 unspecified atom stereocenters. The van der Waals surface area contributed by atoms with E-state index in [-0.39, 0.29) is 0 Å². The first-order valence-electron chi connectivity index (χ1n) is 7.95. The summed E-state index contributed by atoms with van der Waals surface area (Å²) in [4.78, 5) is 0. The highest BCUT2D eigenvalue weighted by Gasteiger charge is 2.12. The second-order valence-electron chi connectivity index (χ2n) is 6.14. The van der Waals surface area contributed by atoms with Crippen molar-refractivity contribution in [2.45, 2.75) is 33.1 Å². The first-order valence-corrected chi connectivity index (χ1v) is 7.95. The molecule has 0 aromatic heterocycles. The van der Waals surface area contributed by atoms with E-state index < -0.39 is 0 Å². The van der Waals surface area contributed by atoms with Crippen molar-refractivity contribution < 1.29 is 0 Å². The minimum absolute atomic E-state index is 1.19. The van der Waals surface area contributed by atoms with Crippen molar-refractivity contribution in [2.75, 3.05) is 0 Å². The van der Waals surface area contributed by atoms with Crippen LogP contribution < -0.4 is 0 Å². The van der Waals surface area contributed by atoms with Crippen LogP contribution >= 0.6 is 0 Å². The molecular weight excluding hydrogens is 252 g/mol. The molecule has 0 nitrogen and oxygen atoms in total. The quantitative estimate of drug-likeness (QED) is 0.387. The minimum Gasteiger partial charge on any atom is -0.0654 e. The van der Waals surface area contributed by atoms with E-state index in [0.717, 1.165) is 0 Å². The van der Waals surface area contributed by atoms with Crippen molar-refractivity contribution in [3.63, 3.8) is 0 Å². The smallest absolute Gasteiger partial charge is 0.00214 e. The molecule has 4 rings (SSSR count). The third-order valence-corrected chi connectivity index (χ3v) is 4.74. The molecule has 0 atom stereocenters. The molecule has 0 amide bonds. The molecule has 0 saturated carbocycles. The fourth-order valence-electron chi connectivity index (χ4n) is 3.67. The maximum absolute atomic E-state index is 2.40. The van der Waals surface area contributed by atoms with Crippen molar-refractivity contribution >= 4 is 32.3 Å². The Morgan fingerprint density at radius 2 is 1.52 bits per heavy atom. The average Bonchev–Trinajstić information content (AvgIpc) is 2.52. The maximum Gasteiger partial charge on any atom is -0.00214 e. The van der Waals surface area contributed by atoms with Crippen molar-refractivity contribution in [3.05, 3.63) is 59.7 Å². The predicted molar refractivity (Wildman–Crippen MR) is 93.5 cm³/mol. The molecule has 0 aliphatic rings. The minimum atomic E-state index is 1.19. The van der Waals surface area contributed by atoms with Crippen LogP contribution in [0.25, 0.3) is 32.3 Å². The molecule has 0 radical (unpaired) electrons. The van der Waals surface area contributed by atoms with Gasteiger partial charge >= 0.3 is 0 Å². The van der Waals surface area contributed by atoms with Crippen LogP contribution in [-0.2, 0) is 6.42 Å². The Morgan fingerprint density at radius 3 is 2.24 bits per heavy atom. The van der Waals surface area contributed by atoms with Gasteiger partial charge in [0.15, 0.2) is 0 Å². The number of hydrogen-bond acceptors (Lipinski definition) is 0. The number of unbranched alkanes of at least 4 members (excludes halogenated alkanes) is 1. The summed E-state index contributed by atoms with van der Waals surface area (Å²) in [5.74, 6) is 0. The zero-order valence-corrected chi connectivity index (χ0v) is 12.7. The largest absolute Gasteiger partial charge is 0.0654 e. The lowest BCUT2D eigenvalue weighted by molar-refractivity contribution is 0.799. The van der Waals surface area contributed by atoms with Gasteiger partial charge in [-0.2, -0.15) is 0 Å². The Kier molecular flexibility index (Phi) is 2.85. The molecule has 21 heavy (non-hydrogen) atoms. The van der Waals surface area contributed by atoms with Crippen LogP contribution in [0.5, 0.6) is 0 Å². The van der Waals surface area contributed by atoms with Crippen LogP contribution in [-0.4, -0.2) is 0 Å². The first kappa shape index (κ1) is 12.6. The summed E-state index contributed by atoms with van der Waals surface area (Å²) in [5.41, 5.74) is 2.92. The number of hydrogen-bond donors (Lipinski definition) is 0. The summed E-state index contributed by atoms with van der Waals surface area (Å²) in [7, 11) is 0. The summed E-state index contributed by atoms with van der Waals surface area (Å²) >= 11 is 0. The van der Waals surface area contributed by atoms with E-state index in [1.165, 1.54) is 62.7 Å². The van der Waals surface area contributed by atoms with Gasteiger partial charge in [0, 0.05) is 0 Å². The summed E-state index contributed by atoms with van der Waals surface area (Å²) in [6.07, 6.45) is 3.70. The molecule has 0 aliphatic carbocycles. The standard InChI is InChI=1S/C21H20/c1-3-4-6-17-13-14(2)18-11-9-15-7-5-8-16-10-12-19(17)21(18)20(15)16/h5,7-13H,3-4,6H2,1-2H3.